The summed E-state index contributed by atoms with van der Waals surface area (Å²) in [5, 5.41) is 3.74. The van der Waals surface area contributed by atoms with Gasteiger partial charge in [-0.05, 0) is 100 Å². The van der Waals surface area contributed by atoms with Gasteiger partial charge in [0.05, 0.1) is 11.7 Å². The van der Waals surface area contributed by atoms with Crippen LogP contribution in [0.4, 0.5) is 23.7 Å². The van der Waals surface area contributed by atoms with Gasteiger partial charge in [-0.15, -0.1) is 0 Å². The van der Waals surface area contributed by atoms with Gasteiger partial charge in [-0.2, -0.15) is 13.2 Å². The number of ether oxygens (including phenoxy) is 2. The van der Waals surface area contributed by atoms with E-state index in [-0.39, 0.29) is 24.4 Å². The Hall–Kier alpha value is -2.94. The monoisotopic (exact) mass is 559 g/mol. The fraction of sp³-hybridized carbons (Fsp3) is 0.581. The number of hydrogen-bond acceptors (Lipinski definition) is 5. The van der Waals surface area contributed by atoms with E-state index in [1.54, 1.807) is 12.1 Å². The van der Waals surface area contributed by atoms with Crippen LogP contribution in [0.1, 0.15) is 82.0 Å². The predicted octanol–water partition coefficient (Wildman–Crippen LogP) is 7.08. The van der Waals surface area contributed by atoms with Gasteiger partial charge in [0.2, 0.25) is 0 Å². The summed E-state index contributed by atoms with van der Waals surface area (Å²) in [6.45, 7) is 7.87. The minimum absolute atomic E-state index is 0.0367. The summed E-state index contributed by atoms with van der Waals surface area (Å²) in [7, 11) is 0. The largest absolute Gasteiger partial charge is 0.490 e. The quantitative estimate of drug-likeness (QED) is 0.424. The fourth-order valence-corrected chi connectivity index (χ4v) is 6.00. The maximum Gasteiger partial charge on any atom is 0.416 e. The molecule has 0 aromatic heterocycles. The molecular weight excluding hydrogens is 519 g/mol. The van der Waals surface area contributed by atoms with Crippen LogP contribution >= 0.6 is 0 Å². The standard InChI is InChI=1S/C31H40F3N3O3/c1-30(2,3)40-29(38)37-17-5-4-6-28(37)35-27-14-7-21-20-25(12-13-26(21)27)39-24-15-18-36(19-16-24)23-10-8-22(9-11-23)31(32,33)34/h8-13,20,24,27-28,35H,4-7,14-19H2,1-3H3. The lowest BCUT2D eigenvalue weighted by Gasteiger charge is -2.38. The number of halogens is 3. The number of hydrogen-bond donors (Lipinski definition) is 1. The van der Waals surface area contributed by atoms with Crippen LogP contribution < -0.4 is 15.0 Å². The molecular formula is C31H40F3N3O3. The van der Waals surface area contributed by atoms with Crippen molar-refractivity contribution in [2.24, 2.45) is 0 Å². The molecule has 5 rings (SSSR count). The zero-order valence-electron chi connectivity index (χ0n) is 23.6. The van der Waals surface area contributed by atoms with Crippen molar-refractivity contribution >= 4 is 11.8 Å². The van der Waals surface area contributed by atoms with Crippen LogP contribution in [0.25, 0.3) is 0 Å². The van der Waals surface area contributed by atoms with Gasteiger partial charge in [-0.1, -0.05) is 6.07 Å². The van der Waals surface area contributed by atoms with Gasteiger partial charge in [-0.25, -0.2) is 4.79 Å². The number of carbonyl (C=O) groups excluding carboxylic acids is 1. The van der Waals surface area contributed by atoms with E-state index < -0.39 is 17.3 Å². The molecule has 0 spiro atoms. The number of anilines is 1. The zero-order valence-corrected chi connectivity index (χ0v) is 23.6. The van der Waals surface area contributed by atoms with E-state index in [2.05, 4.69) is 22.3 Å². The van der Waals surface area contributed by atoms with Gasteiger partial charge in [0, 0.05) is 44.2 Å². The molecule has 1 N–H and O–H groups in total. The summed E-state index contributed by atoms with van der Waals surface area (Å²) in [6.07, 6.45) is 2.00. The second-order valence-corrected chi connectivity index (χ2v) is 12.2. The molecule has 2 fully saturated rings. The van der Waals surface area contributed by atoms with Crippen molar-refractivity contribution in [3.8, 4) is 5.75 Å². The summed E-state index contributed by atoms with van der Waals surface area (Å²) < 4.78 is 50.6. The van der Waals surface area contributed by atoms with E-state index in [4.69, 9.17) is 9.47 Å². The molecule has 2 saturated heterocycles. The Bertz CT molecular complexity index is 1170. The molecule has 1 aliphatic carbocycles. The SMILES string of the molecule is CC(C)(C)OC(=O)N1CCCCC1NC1CCc2cc(OC3CCN(c4ccc(C(F)(F)F)cc4)CC3)ccc21. The first-order chi connectivity index (χ1) is 19.0. The van der Waals surface area contributed by atoms with Crippen LogP contribution in [0.2, 0.25) is 0 Å². The Morgan fingerprint density at radius 1 is 0.925 bits per heavy atom. The van der Waals surface area contributed by atoms with E-state index >= 15 is 0 Å². The lowest BCUT2D eigenvalue weighted by molar-refractivity contribution is -0.137. The van der Waals surface area contributed by atoms with E-state index in [0.717, 1.165) is 81.6 Å². The zero-order chi connectivity index (χ0) is 28.5. The van der Waals surface area contributed by atoms with Gasteiger partial charge in [0.1, 0.15) is 17.5 Å². The van der Waals surface area contributed by atoms with E-state index in [0.29, 0.717) is 6.54 Å². The van der Waals surface area contributed by atoms with Crippen molar-refractivity contribution in [2.45, 2.75) is 95.8 Å². The van der Waals surface area contributed by atoms with Crippen molar-refractivity contribution < 1.29 is 27.4 Å². The number of nitrogens with one attached hydrogen (secondary N) is 1. The average molecular weight is 560 g/mol. The predicted molar refractivity (Wildman–Crippen MR) is 149 cm³/mol. The summed E-state index contributed by atoms with van der Waals surface area (Å²) in [5.74, 6) is 0.862. The first-order valence-corrected chi connectivity index (χ1v) is 14.4. The van der Waals surface area contributed by atoms with Gasteiger partial charge >= 0.3 is 12.3 Å². The first-order valence-electron chi connectivity index (χ1n) is 14.4. The molecule has 1 amide bonds. The molecule has 2 heterocycles. The van der Waals surface area contributed by atoms with Gasteiger partial charge < -0.3 is 14.4 Å². The van der Waals surface area contributed by atoms with Crippen LogP contribution in [0, 0.1) is 0 Å². The Labute approximate surface area is 234 Å². The third kappa shape index (κ3) is 6.85. The molecule has 218 valence electrons. The van der Waals surface area contributed by atoms with Crippen LogP contribution in [0.3, 0.4) is 0 Å². The highest BCUT2D eigenvalue weighted by atomic mass is 19.4. The van der Waals surface area contributed by atoms with Crippen molar-refractivity contribution in [3.05, 3.63) is 59.2 Å². The average Bonchev–Trinajstić information content (AvgIpc) is 3.30. The lowest BCUT2D eigenvalue weighted by atomic mass is 10.0. The molecule has 9 heteroatoms. The highest BCUT2D eigenvalue weighted by Gasteiger charge is 2.34. The summed E-state index contributed by atoms with van der Waals surface area (Å²) >= 11 is 0. The Balaban J connectivity index is 1.15. The number of nitrogens with zero attached hydrogens (tertiary/aromatic N) is 2. The summed E-state index contributed by atoms with van der Waals surface area (Å²) in [5.41, 5.74) is 2.21. The summed E-state index contributed by atoms with van der Waals surface area (Å²) in [6, 6.07) is 11.9. The number of fused-ring (bicyclic) bond motifs is 1. The number of amides is 1. The first kappa shape index (κ1) is 28.6. The van der Waals surface area contributed by atoms with Crippen LogP contribution in [0.15, 0.2) is 42.5 Å². The highest BCUT2D eigenvalue weighted by molar-refractivity contribution is 5.68. The van der Waals surface area contributed by atoms with Crippen molar-refractivity contribution in [1.29, 1.82) is 0 Å². The van der Waals surface area contributed by atoms with Crippen molar-refractivity contribution in [1.82, 2.24) is 10.2 Å². The van der Waals surface area contributed by atoms with Gasteiger partial charge in [0.15, 0.2) is 0 Å². The van der Waals surface area contributed by atoms with E-state index in [1.807, 2.05) is 31.7 Å². The minimum atomic E-state index is -4.32. The molecule has 2 aliphatic heterocycles. The molecule has 0 saturated carbocycles. The number of aryl methyl sites for hydroxylation is 1. The van der Waals surface area contributed by atoms with Crippen molar-refractivity contribution in [2.75, 3.05) is 24.5 Å². The van der Waals surface area contributed by atoms with Crippen LogP contribution in [-0.2, 0) is 17.3 Å². The third-order valence-electron chi connectivity index (χ3n) is 8.02. The Morgan fingerprint density at radius 3 is 2.33 bits per heavy atom. The van der Waals surface area contributed by atoms with E-state index in [9.17, 15) is 18.0 Å². The lowest BCUT2D eigenvalue weighted by Crippen LogP contribution is -2.53. The number of carbonyl (C=O) groups is 1. The maximum atomic E-state index is 12.9. The second kappa shape index (κ2) is 11.5. The molecule has 0 bridgehead atoms. The maximum absolute atomic E-state index is 12.9. The molecule has 2 aromatic carbocycles. The number of rotatable bonds is 5. The van der Waals surface area contributed by atoms with Crippen LogP contribution in [0.5, 0.6) is 5.75 Å². The number of piperidine rings is 2. The normalized spacial score (nSPS) is 22.2. The molecule has 6 nitrogen and oxygen atoms in total. The molecule has 40 heavy (non-hydrogen) atoms. The summed E-state index contributed by atoms with van der Waals surface area (Å²) in [4.78, 5) is 16.8. The number of benzene rings is 2. The Morgan fingerprint density at radius 2 is 1.65 bits per heavy atom. The Kier molecular flexibility index (Phi) is 8.22. The van der Waals surface area contributed by atoms with E-state index in [1.165, 1.54) is 11.1 Å². The molecule has 3 aliphatic rings. The van der Waals surface area contributed by atoms with Gasteiger partial charge in [-0.3, -0.25) is 10.2 Å². The van der Waals surface area contributed by atoms with Gasteiger partial charge in [0.25, 0.3) is 0 Å². The van der Waals surface area contributed by atoms with Crippen molar-refractivity contribution in [3.63, 3.8) is 0 Å². The molecule has 0 radical (unpaired) electrons. The fourth-order valence-electron chi connectivity index (χ4n) is 6.00. The number of likely N-dealkylation sites (tertiary alicyclic amines) is 1. The highest BCUT2D eigenvalue weighted by Crippen LogP contribution is 2.36. The second-order valence-electron chi connectivity index (χ2n) is 12.2. The minimum Gasteiger partial charge on any atom is -0.490 e. The third-order valence-corrected chi connectivity index (χ3v) is 8.02. The molecule has 2 unspecified atom stereocenters. The molecule has 2 atom stereocenters. The van der Waals surface area contributed by atoms with Crippen LogP contribution in [-0.4, -0.2) is 48.5 Å². The number of alkyl halides is 3. The smallest absolute Gasteiger partial charge is 0.416 e. The molecule has 2 aromatic rings. The topological polar surface area (TPSA) is 54.0 Å².